The molecule has 4 rings (SSSR count). The lowest BCUT2D eigenvalue weighted by Crippen LogP contribution is -2.57. The first-order chi connectivity index (χ1) is 15.3. The van der Waals surface area contributed by atoms with E-state index in [0.717, 1.165) is 24.5 Å². The van der Waals surface area contributed by atoms with Crippen molar-refractivity contribution in [1.82, 2.24) is 28.2 Å². The minimum atomic E-state index is -3.49. The van der Waals surface area contributed by atoms with Crippen LogP contribution in [0, 0.1) is 6.92 Å². The molecule has 2 aliphatic rings. The molecule has 2 fully saturated rings. The molecule has 2 aromatic rings. The van der Waals surface area contributed by atoms with Crippen LogP contribution in [0.4, 0.5) is 0 Å². The van der Waals surface area contributed by atoms with Gasteiger partial charge in [0.2, 0.25) is 0 Å². The highest BCUT2D eigenvalue weighted by Gasteiger charge is 2.35. The summed E-state index contributed by atoms with van der Waals surface area (Å²) in [6.07, 6.45) is 2.31. The lowest BCUT2D eigenvalue weighted by molar-refractivity contribution is 0.0691. The van der Waals surface area contributed by atoms with Gasteiger partial charge in [0.1, 0.15) is 0 Å². The smallest absolute Gasteiger partial charge is 0.282 e. The van der Waals surface area contributed by atoms with Crippen molar-refractivity contribution >= 4 is 16.1 Å². The first-order valence-electron chi connectivity index (χ1n) is 11.2. The number of hydrogen-bond donors (Lipinski definition) is 0. The van der Waals surface area contributed by atoms with Crippen LogP contribution in [0.2, 0.25) is 0 Å². The molecule has 2 saturated heterocycles. The van der Waals surface area contributed by atoms with Crippen LogP contribution in [0.1, 0.15) is 28.5 Å². The molecule has 2 aliphatic heterocycles. The topological polar surface area (TPSA) is 82.0 Å². The first-order valence-corrected chi connectivity index (χ1v) is 12.6. The van der Waals surface area contributed by atoms with Crippen LogP contribution in [0.25, 0.3) is 5.69 Å². The molecule has 1 aromatic heterocycles. The molecule has 1 amide bonds. The van der Waals surface area contributed by atoms with Crippen LogP contribution in [-0.2, 0) is 16.6 Å². The number of carbonyl (C=O) groups is 1. The zero-order chi connectivity index (χ0) is 22.9. The normalized spacial score (nSPS) is 19.4. The zero-order valence-electron chi connectivity index (χ0n) is 19.1. The molecule has 3 heterocycles. The number of likely N-dealkylation sites (N-methyl/N-ethyl adjacent to an activating group) is 1. The van der Waals surface area contributed by atoms with Gasteiger partial charge < -0.3 is 9.80 Å². The average Bonchev–Trinajstić information content (AvgIpc) is 3.23. The molecular weight excluding hydrogens is 428 g/mol. The van der Waals surface area contributed by atoms with Crippen molar-refractivity contribution in [2.24, 2.45) is 0 Å². The summed E-state index contributed by atoms with van der Waals surface area (Å²) in [5.41, 5.74) is 3.55. The van der Waals surface area contributed by atoms with Crippen molar-refractivity contribution in [2.45, 2.75) is 20.3 Å². The van der Waals surface area contributed by atoms with Crippen LogP contribution >= 0.6 is 0 Å². The summed E-state index contributed by atoms with van der Waals surface area (Å²) >= 11 is 0. The van der Waals surface area contributed by atoms with E-state index in [-0.39, 0.29) is 5.91 Å². The van der Waals surface area contributed by atoms with E-state index in [9.17, 15) is 13.2 Å². The molecule has 1 aromatic carbocycles. The Balaban J connectivity index is 1.44. The SMILES string of the molecule is CCc1c(C(=O)N2CCN(S(=O)(=O)N3CCN(C)CC3)CC2)cnn1-c1ccc(C)cc1. The van der Waals surface area contributed by atoms with E-state index in [1.807, 2.05) is 49.8 Å². The molecule has 0 atom stereocenters. The monoisotopic (exact) mass is 460 g/mol. The standard InChI is InChI=1S/C22H32N6O3S/c1-4-21-20(17-23-28(21)19-7-5-18(2)6-8-19)22(29)25-11-15-27(16-12-25)32(30,31)26-13-9-24(3)10-14-26/h5-8,17H,4,9-16H2,1-3H3. The number of aromatic nitrogens is 2. The van der Waals surface area contributed by atoms with Crippen molar-refractivity contribution in [3.05, 3.63) is 47.3 Å². The third-order valence-corrected chi connectivity index (χ3v) is 8.39. The summed E-state index contributed by atoms with van der Waals surface area (Å²) in [6.45, 7) is 7.93. The summed E-state index contributed by atoms with van der Waals surface area (Å²) in [5, 5.41) is 4.48. The fourth-order valence-corrected chi connectivity index (χ4v) is 5.85. The van der Waals surface area contributed by atoms with Crippen LogP contribution in [0.3, 0.4) is 0 Å². The summed E-state index contributed by atoms with van der Waals surface area (Å²) in [7, 11) is -1.49. The van der Waals surface area contributed by atoms with Gasteiger partial charge in [0, 0.05) is 52.4 Å². The first kappa shape index (κ1) is 22.9. The van der Waals surface area contributed by atoms with Gasteiger partial charge in [-0.25, -0.2) is 4.68 Å². The highest BCUT2D eigenvalue weighted by molar-refractivity contribution is 7.86. The van der Waals surface area contributed by atoms with Crippen LogP contribution in [0.5, 0.6) is 0 Å². The zero-order valence-corrected chi connectivity index (χ0v) is 19.9. The van der Waals surface area contributed by atoms with Crippen molar-refractivity contribution in [3.63, 3.8) is 0 Å². The van der Waals surface area contributed by atoms with E-state index in [0.29, 0.717) is 51.3 Å². The summed E-state index contributed by atoms with van der Waals surface area (Å²) in [4.78, 5) is 17.1. The third-order valence-electron chi connectivity index (χ3n) is 6.35. The molecule has 9 nitrogen and oxygen atoms in total. The molecule has 0 unspecified atom stereocenters. The molecular formula is C22H32N6O3S. The van der Waals surface area contributed by atoms with E-state index in [4.69, 9.17) is 0 Å². The molecule has 32 heavy (non-hydrogen) atoms. The molecule has 0 aliphatic carbocycles. The Bertz CT molecular complexity index is 1050. The highest BCUT2D eigenvalue weighted by atomic mass is 32.2. The molecule has 0 saturated carbocycles. The van der Waals surface area contributed by atoms with Crippen LogP contribution in [-0.4, -0.2) is 102 Å². The number of amides is 1. The molecule has 174 valence electrons. The number of piperazine rings is 2. The van der Waals surface area contributed by atoms with Gasteiger partial charge in [0.25, 0.3) is 16.1 Å². The van der Waals surface area contributed by atoms with Gasteiger partial charge in [0.15, 0.2) is 0 Å². The van der Waals surface area contributed by atoms with E-state index in [1.165, 1.54) is 9.87 Å². The number of hydrogen-bond acceptors (Lipinski definition) is 5. The van der Waals surface area contributed by atoms with Gasteiger partial charge in [-0.05, 0) is 32.5 Å². The van der Waals surface area contributed by atoms with Crippen molar-refractivity contribution in [1.29, 1.82) is 0 Å². The van der Waals surface area contributed by atoms with Crippen LogP contribution < -0.4 is 0 Å². The Kier molecular flexibility index (Phi) is 6.66. The summed E-state index contributed by atoms with van der Waals surface area (Å²) < 4.78 is 30.9. The second kappa shape index (κ2) is 9.30. The maximum absolute atomic E-state index is 13.3. The molecule has 10 heteroatoms. The average molecular weight is 461 g/mol. The van der Waals surface area contributed by atoms with Gasteiger partial charge in [0.05, 0.1) is 23.1 Å². The number of aryl methyl sites for hydroxylation is 1. The summed E-state index contributed by atoms with van der Waals surface area (Å²) in [5.74, 6) is -0.0862. The second-order valence-electron chi connectivity index (χ2n) is 8.51. The minimum Gasteiger partial charge on any atom is -0.336 e. The molecule has 0 bridgehead atoms. The van der Waals surface area contributed by atoms with Gasteiger partial charge in [-0.15, -0.1) is 0 Å². The second-order valence-corrected chi connectivity index (χ2v) is 10.4. The van der Waals surface area contributed by atoms with Gasteiger partial charge in [-0.2, -0.15) is 22.1 Å². The number of rotatable bonds is 5. The van der Waals surface area contributed by atoms with E-state index >= 15 is 0 Å². The van der Waals surface area contributed by atoms with Crippen molar-refractivity contribution < 1.29 is 13.2 Å². The predicted molar refractivity (Wildman–Crippen MR) is 123 cm³/mol. The Labute approximate surface area is 190 Å². The highest BCUT2D eigenvalue weighted by Crippen LogP contribution is 2.20. The number of carbonyl (C=O) groups excluding carboxylic acids is 1. The minimum absolute atomic E-state index is 0.0862. The fourth-order valence-electron chi connectivity index (χ4n) is 4.28. The van der Waals surface area contributed by atoms with Crippen molar-refractivity contribution in [3.8, 4) is 5.69 Å². The Morgan fingerprint density at radius 1 is 0.938 bits per heavy atom. The Morgan fingerprint density at radius 2 is 1.50 bits per heavy atom. The van der Waals surface area contributed by atoms with Gasteiger partial charge in [-0.1, -0.05) is 24.6 Å². The van der Waals surface area contributed by atoms with Crippen molar-refractivity contribution in [2.75, 3.05) is 59.4 Å². The predicted octanol–water partition coefficient (Wildman–Crippen LogP) is 0.993. The molecule has 0 N–H and O–H groups in total. The Hall–Kier alpha value is -2.27. The van der Waals surface area contributed by atoms with E-state index in [2.05, 4.69) is 10.00 Å². The number of nitrogens with zero attached hydrogens (tertiary/aromatic N) is 6. The van der Waals surface area contributed by atoms with E-state index in [1.54, 1.807) is 15.4 Å². The van der Waals surface area contributed by atoms with Crippen LogP contribution in [0.15, 0.2) is 30.5 Å². The quantitative estimate of drug-likeness (QED) is 0.665. The maximum atomic E-state index is 13.3. The lowest BCUT2D eigenvalue weighted by atomic mass is 10.1. The lowest BCUT2D eigenvalue weighted by Gasteiger charge is -2.39. The van der Waals surface area contributed by atoms with Gasteiger partial charge in [-0.3, -0.25) is 4.79 Å². The largest absolute Gasteiger partial charge is 0.336 e. The third kappa shape index (κ3) is 4.45. The van der Waals surface area contributed by atoms with Gasteiger partial charge >= 0.3 is 0 Å². The molecule has 0 spiro atoms. The summed E-state index contributed by atoms with van der Waals surface area (Å²) in [6, 6.07) is 8.05. The maximum Gasteiger partial charge on any atom is 0.282 e. The molecule has 0 radical (unpaired) electrons. The Morgan fingerprint density at radius 3 is 2.06 bits per heavy atom. The fraction of sp³-hybridized carbons (Fsp3) is 0.545. The number of benzene rings is 1. The van der Waals surface area contributed by atoms with E-state index < -0.39 is 10.2 Å².